The molecule has 0 fully saturated rings. The standard InChI is InChI=1S/C19H13N3O2/c23-19(24)14-6-8-15(9-7-14)22-11-10-16-17(12-22)21-18(20-16)13-4-2-1-3-5-13/h1-12H,(H,23,24). The Morgan fingerprint density at radius 2 is 1.58 bits per heavy atom. The van der Waals surface area contributed by atoms with E-state index in [1.54, 1.807) is 24.3 Å². The monoisotopic (exact) mass is 315 g/mol. The van der Waals surface area contributed by atoms with Gasteiger partial charge in [-0.1, -0.05) is 30.3 Å². The summed E-state index contributed by atoms with van der Waals surface area (Å²) in [5.74, 6) is -0.235. The lowest BCUT2D eigenvalue weighted by Gasteiger charge is -2.08. The first kappa shape index (κ1) is 14.1. The Bertz CT molecular complexity index is 975. The largest absolute Gasteiger partial charge is 0.478 e. The van der Waals surface area contributed by atoms with E-state index in [0.717, 1.165) is 22.6 Å². The number of carboxylic acids is 1. The number of pyridine rings is 1. The fourth-order valence-corrected chi connectivity index (χ4v) is 2.56. The predicted molar refractivity (Wildman–Crippen MR) is 90.4 cm³/mol. The van der Waals surface area contributed by atoms with Crippen LogP contribution in [-0.2, 0) is 0 Å². The van der Waals surface area contributed by atoms with Gasteiger partial charge in [-0.2, -0.15) is 0 Å². The van der Waals surface area contributed by atoms with Gasteiger partial charge in [0.2, 0.25) is 0 Å². The Hall–Kier alpha value is -3.47. The van der Waals surface area contributed by atoms with Gasteiger partial charge in [0.25, 0.3) is 0 Å². The Kier molecular flexibility index (Phi) is 3.31. The van der Waals surface area contributed by atoms with Crippen molar-refractivity contribution in [2.75, 3.05) is 0 Å². The zero-order valence-electron chi connectivity index (χ0n) is 12.6. The average Bonchev–Trinajstić information content (AvgIpc) is 3.06. The van der Waals surface area contributed by atoms with E-state index in [9.17, 15) is 4.79 Å². The molecule has 2 aliphatic heterocycles. The minimum Gasteiger partial charge on any atom is -0.478 e. The molecule has 0 bridgehead atoms. The highest BCUT2D eigenvalue weighted by atomic mass is 16.4. The maximum Gasteiger partial charge on any atom is 0.335 e. The van der Waals surface area contributed by atoms with Gasteiger partial charge >= 0.3 is 5.97 Å². The van der Waals surface area contributed by atoms with Crippen LogP contribution in [0.2, 0.25) is 0 Å². The van der Waals surface area contributed by atoms with Crippen LogP contribution < -0.4 is 0 Å². The molecular formula is C19H13N3O2. The molecule has 0 unspecified atom stereocenters. The maximum absolute atomic E-state index is 10.9. The third-order valence-electron chi connectivity index (χ3n) is 3.81. The number of aromatic nitrogens is 3. The molecule has 2 aromatic rings. The average molecular weight is 315 g/mol. The Morgan fingerprint density at radius 1 is 0.875 bits per heavy atom. The number of hydrogen-bond acceptors (Lipinski definition) is 3. The molecule has 5 heteroatoms. The number of benzene rings is 2. The molecule has 0 aromatic heterocycles. The minimum atomic E-state index is -0.934. The fraction of sp³-hybridized carbons (Fsp3) is 0. The highest BCUT2D eigenvalue weighted by Gasteiger charge is 2.13. The lowest BCUT2D eigenvalue weighted by Crippen LogP contribution is -1.99. The second kappa shape index (κ2) is 5.62. The van der Waals surface area contributed by atoms with E-state index >= 15 is 0 Å². The van der Waals surface area contributed by atoms with Crippen LogP contribution in [-0.4, -0.2) is 25.6 Å². The lowest BCUT2D eigenvalue weighted by atomic mass is 10.2. The summed E-state index contributed by atoms with van der Waals surface area (Å²) in [6.07, 6.45) is 3.78. The third kappa shape index (κ3) is 2.52. The van der Waals surface area contributed by atoms with E-state index in [1.807, 2.05) is 53.4 Å². The van der Waals surface area contributed by atoms with Crippen molar-refractivity contribution >= 4 is 5.97 Å². The number of fused-ring (bicyclic) bond motifs is 1. The van der Waals surface area contributed by atoms with Gasteiger partial charge in [-0.05, 0) is 30.3 Å². The van der Waals surface area contributed by atoms with E-state index in [2.05, 4.69) is 9.97 Å². The van der Waals surface area contributed by atoms with Gasteiger partial charge in [-0.15, -0.1) is 0 Å². The van der Waals surface area contributed by atoms with Crippen LogP contribution in [0.3, 0.4) is 0 Å². The summed E-state index contributed by atoms with van der Waals surface area (Å²) in [4.78, 5) is 20.1. The van der Waals surface area contributed by atoms with Gasteiger partial charge in [0, 0.05) is 23.6 Å². The molecule has 0 saturated heterocycles. The van der Waals surface area contributed by atoms with Crippen LogP contribution in [0, 0.1) is 0 Å². The molecule has 0 aliphatic carbocycles. The van der Waals surface area contributed by atoms with Crippen LogP contribution >= 0.6 is 0 Å². The van der Waals surface area contributed by atoms with E-state index in [0.29, 0.717) is 5.82 Å². The molecular weight excluding hydrogens is 302 g/mol. The second-order valence-corrected chi connectivity index (χ2v) is 5.39. The molecule has 0 radical (unpaired) electrons. The van der Waals surface area contributed by atoms with Crippen molar-refractivity contribution in [1.82, 2.24) is 14.5 Å². The minimum absolute atomic E-state index is 0.264. The van der Waals surface area contributed by atoms with E-state index < -0.39 is 5.97 Å². The normalized spacial score (nSPS) is 10.8. The highest BCUT2D eigenvalue weighted by Crippen LogP contribution is 2.25. The summed E-state index contributed by atoms with van der Waals surface area (Å²) in [5, 5.41) is 8.97. The Labute approximate surface area is 138 Å². The first-order valence-corrected chi connectivity index (χ1v) is 7.45. The quantitative estimate of drug-likeness (QED) is 0.625. The van der Waals surface area contributed by atoms with Crippen LogP contribution in [0.1, 0.15) is 10.4 Å². The van der Waals surface area contributed by atoms with Crippen molar-refractivity contribution in [3.05, 3.63) is 78.6 Å². The predicted octanol–water partition coefficient (Wildman–Crippen LogP) is 3.74. The third-order valence-corrected chi connectivity index (χ3v) is 3.81. The van der Waals surface area contributed by atoms with E-state index in [-0.39, 0.29) is 5.56 Å². The first-order valence-electron chi connectivity index (χ1n) is 7.45. The molecule has 2 heterocycles. The lowest BCUT2D eigenvalue weighted by molar-refractivity contribution is 0.0697. The van der Waals surface area contributed by atoms with Gasteiger partial charge in [-0.25, -0.2) is 14.8 Å². The fourth-order valence-electron chi connectivity index (χ4n) is 2.56. The van der Waals surface area contributed by atoms with Crippen molar-refractivity contribution in [2.45, 2.75) is 0 Å². The molecule has 0 amide bonds. The zero-order valence-corrected chi connectivity index (χ0v) is 12.6. The topological polar surface area (TPSA) is 68.0 Å². The van der Waals surface area contributed by atoms with Crippen LogP contribution in [0.25, 0.3) is 28.5 Å². The second-order valence-electron chi connectivity index (χ2n) is 5.39. The van der Waals surface area contributed by atoms with E-state index in [1.165, 1.54) is 0 Å². The number of imidazole rings is 1. The van der Waals surface area contributed by atoms with Crippen molar-refractivity contribution in [3.8, 4) is 28.5 Å². The van der Waals surface area contributed by atoms with Gasteiger partial charge in [0.05, 0.1) is 11.3 Å². The summed E-state index contributed by atoms with van der Waals surface area (Å²) in [7, 11) is 0. The van der Waals surface area contributed by atoms with Gasteiger partial charge in [0.15, 0.2) is 5.82 Å². The van der Waals surface area contributed by atoms with Crippen molar-refractivity contribution in [2.24, 2.45) is 0 Å². The number of rotatable bonds is 3. The Balaban J connectivity index is 1.73. The number of aromatic carboxylic acids is 1. The number of hydrogen-bond donors (Lipinski definition) is 1. The molecule has 0 spiro atoms. The maximum atomic E-state index is 10.9. The summed E-state index contributed by atoms with van der Waals surface area (Å²) >= 11 is 0. The van der Waals surface area contributed by atoms with Gasteiger partial charge < -0.3 is 9.67 Å². The summed E-state index contributed by atoms with van der Waals surface area (Å²) in [6.45, 7) is 0. The zero-order chi connectivity index (χ0) is 16.5. The Morgan fingerprint density at radius 3 is 2.29 bits per heavy atom. The van der Waals surface area contributed by atoms with Crippen molar-refractivity contribution in [3.63, 3.8) is 0 Å². The summed E-state index contributed by atoms with van der Waals surface area (Å²) < 4.78 is 1.90. The first-order chi connectivity index (χ1) is 11.7. The molecule has 2 aromatic carbocycles. The smallest absolute Gasteiger partial charge is 0.335 e. The van der Waals surface area contributed by atoms with Crippen LogP contribution in [0.5, 0.6) is 0 Å². The molecule has 24 heavy (non-hydrogen) atoms. The molecule has 2 aliphatic rings. The highest BCUT2D eigenvalue weighted by molar-refractivity contribution is 5.87. The molecule has 5 nitrogen and oxygen atoms in total. The van der Waals surface area contributed by atoms with Gasteiger partial charge in [0.1, 0.15) is 5.69 Å². The van der Waals surface area contributed by atoms with E-state index in [4.69, 9.17) is 5.11 Å². The molecule has 4 rings (SSSR count). The number of carbonyl (C=O) groups is 1. The molecule has 1 N–H and O–H groups in total. The van der Waals surface area contributed by atoms with Crippen molar-refractivity contribution < 1.29 is 9.90 Å². The SMILES string of the molecule is O=C(O)c1ccc(-n2ccc3nc(-c4ccccc4)nc-3c2)cc1. The van der Waals surface area contributed by atoms with Crippen LogP contribution in [0.15, 0.2) is 73.1 Å². The summed E-state index contributed by atoms with van der Waals surface area (Å²) in [6, 6.07) is 18.4. The van der Waals surface area contributed by atoms with Gasteiger partial charge in [-0.3, -0.25) is 0 Å². The van der Waals surface area contributed by atoms with Crippen molar-refractivity contribution in [1.29, 1.82) is 0 Å². The molecule has 0 saturated carbocycles. The summed E-state index contributed by atoms with van der Waals surface area (Å²) in [5.41, 5.74) is 3.73. The molecule has 0 atom stereocenters. The van der Waals surface area contributed by atoms with Crippen LogP contribution in [0.4, 0.5) is 0 Å². The number of nitrogens with zero attached hydrogens (tertiary/aromatic N) is 3. The number of carboxylic acid groups (broad SMARTS) is 1. The molecule has 116 valence electrons.